The monoisotopic (exact) mass is 361 g/mol. The van der Waals surface area contributed by atoms with Gasteiger partial charge < -0.3 is 5.73 Å². The van der Waals surface area contributed by atoms with Crippen LogP contribution in [-0.2, 0) is 6.42 Å². The third kappa shape index (κ3) is 3.71. The van der Waals surface area contributed by atoms with Gasteiger partial charge in [0.15, 0.2) is 0 Å². The maximum atomic E-state index is 9.52. The third-order valence-electron chi connectivity index (χ3n) is 4.22. The predicted octanol–water partition coefficient (Wildman–Crippen LogP) is 5.72. The molecule has 0 atom stereocenters. The molecule has 0 amide bonds. The van der Waals surface area contributed by atoms with Crippen molar-refractivity contribution in [2.24, 2.45) is 5.92 Å². The molecule has 0 bridgehead atoms. The Morgan fingerprint density at radius 1 is 1.08 bits per heavy atom. The van der Waals surface area contributed by atoms with Crippen LogP contribution in [0, 0.1) is 17.2 Å². The van der Waals surface area contributed by atoms with Crippen LogP contribution in [0.15, 0.2) is 54.6 Å². The summed E-state index contributed by atoms with van der Waals surface area (Å²) in [5, 5.41) is 10.1. The number of nitrogen functional groups attached to an aromatic ring is 1. The topological polar surface area (TPSA) is 62.7 Å². The molecule has 26 heavy (non-hydrogen) atoms. The first-order valence-corrected chi connectivity index (χ1v) is 8.92. The highest BCUT2D eigenvalue weighted by molar-refractivity contribution is 6.33. The summed E-state index contributed by atoms with van der Waals surface area (Å²) in [6, 6.07) is 19.8. The van der Waals surface area contributed by atoms with Gasteiger partial charge in [0.2, 0.25) is 0 Å². The molecule has 0 aliphatic heterocycles. The van der Waals surface area contributed by atoms with E-state index in [1.807, 2.05) is 36.4 Å². The van der Waals surface area contributed by atoms with Gasteiger partial charge >= 0.3 is 0 Å². The number of halogens is 1. The van der Waals surface area contributed by atoms with Gasteiger partial charge in [0.25, 0.3) is 0 Å². The molecule has 0 unspecified atom stereocenters. The average molecular weight is 362 g/mol. The minimum atomic E-state index is 0.214. The van der Waals surface area contributed by atoms with Gasteiger partial charge in [0.1, 0.15) is 17.5 Å². The molecule has 0 saturated heterocycles. The second kappa shape index (κ2) is 7.59. The Balaban J connectivity index is 2.10. The first kappa shape index (κ1) is 18.0. The fourth-order valence-electron chi connectivity index (χ4n) is 3.01. The van der Waals surface area contributed by atoms with E-state index in [-0.39, 0.29) is 5.82 Å². The largest absolute Gasteiger partial charge is 0.383 e. The highest BCUT2D eigenvalue weighted by Crippen LogP contribution is 2.35. The van der Waals surface area contributed by atoms with E-state index in [1.165, 1.54) is 5.56 Å². The van der Waals surface area contributed by atoms with Crippen LogP contribution in [-0.4, -0.2) is 4.98 Å². The molecule has 0 aliphatic rings. The number of hydrogen-bond acceptors (Lipinski definition) is 3. The first-order valence-electron chi connectivity index (χ1n) is 8.54. The van der Waals surface area contributed by atoms with Crippen molar-refractivity contribution in [1.29, 1.82) is 5.26 Å². The van der Waals surface area contributed by atoms with E-state index in [0.29, 0.717) is 22.1 Å². The lowest BCUT2D eigenvalue weighted by atomic mass is 9.97. The molecule has 4 heteroatoms. The minimum absolute atomic E-state index is 0.214. The fourth-order valence-corrected chi connectivity index (χ4v) is 3.24. The summed E-state index contributed by atoms with van der Waals surface area (Å²) in [7, 11) is 0. The molecule has 1 aromatic heterocycles. The number of aromatic nitrogens is 1. The summed E-state index contributed by atoms with van der Waals surface area (Å²) in [5.41, 5.74) is 10.9. The van der Waals surface area contributed by atoms with Gasteiger partial charge in [-0.2, -0.15) is 5.26 Å². The van der Waals surface area contributed by atoms with E-state index in [0.717, 1.165) is 23.2 Å². The standard InChI is InChI=1S/C22H20ClN3/c1-14(2)11-15-7-9-16(10-8-15)21-12-18(19(13-24)22(25)26-21)17-5-3-4-6-20(17)23/h3-10,12,14H,11H2,1-2H3,(H2,25,26). The molecule has 0 aliphatic carbocycles. The van der Waals surface area contributed by atoms with Crippen molar-refractivity contribution < 1.29 is 0 Å². The molecule has 130 valence electrons. The van der Waals surface area contributed by atoms with E-state index in [9.17, 15) is 5.26 Å². The van der Waals surface area contributed by atoms with Crippen LogP contribution >= 0.6 is 11.6 Å². The smallest absolute Gasteiger partial charge is 0.142 e. The summed E-state index contributed by atoms with van der Waals surface area (Å²) in [6.45, 7) is 4.40. The number of nitrogens with zero attached hydrogens (tertiary/aromatic N) is 2. The van der Waals surface area contributed by atoms with Crippen LogP contribution in [0.4, 0.5) is 5.82 Å². The summed E-state index contributed by atoms with van der Waals surface area (Å²) < 4.78 is 0. The maximum Gasteiger partial charge on any atom is 0.142 e. The maximum absolute atomic E-state index is 9.52. The van der Waals surface area contributed by atoms with E-state index in [1.54, 1.807) is 6.07 Å². The van der Waals surface area contributed by atoms with Crippen molar-refractivity contribution in [3.8, 4) is 28.5 Å². The van der Waals surface area contributed by atoms with Crippen LogP contribution < -0.4 is 5.73 Å². The fraction of sp³-hybridized carbons (Fsp3) is 0.182. The molecule has 0 saturated carbocycles. The van der Waals surface area contributed by atoms with Crippen LogP contribution in [0.2, 0.25) is 5.02 Å². The number of anilines is 1. The number of benzene rings is 2. The lowest BCUT2D eigenvalue weighted by molar-refractivity contribution is 0.647. The molecule has 3 aromatic rings. The number of nitriles is 1. The Morgan fingerprint density at radius 3 is 2.38 bits per heavy atom. The highest BCUT2D eigenvalue weighted by Gasteiger charge is 2.15. The van der Waals surface area contributed by atoms with E-state index >= 15 is 0 Å². The minimum Gasteiger partial charge on any atom is -0.383 e. The Kier molecular flexibility index (Phi) is 5.25. The molecular formula is C22H20ClN3. The second-order valence-electron chi connectivity index (χ2n) is 6.70. The van der Waals surface area contributed by atoms with Crippen LogP contribution in [0.3, 0.4) is 0 Å². The molecule has 1 heterocycles. The number of rotatable bonds is 4. The Morgan fingerprint density at radius 2 is 1.77 bits per heavy atom. The van der Waals surface area contributed by atoms with Crippen LogP contribution in [0.1, 0.15) is 25.0 Å². The molecular weight excluding hydrogens is 342 g/mol. The first-order chi connectivity index (χ1) is 12.5. The average Bonchev–Trinajstić information content (AvgIpc) is 2.61. The number of hydrogen-bond donors (Lipinski definition) is 1. The quantitative estimate of drug-likeness (QED) is 0.646. The summed E-state index contributed by atoms with van der Waals surface area (Å²) in [4.78, 5) is 4.43. The summed E-state index contributed by atoms with van der Waals surface area (Å²) >= 11 is 6.34. The van der Waals surface area contributed by atoms with Gasteiger partial charge in [-0.1, -0.05) is 67.9 Å². The molecule has 0 fully saturated rings. The summed E-state index contributed by atoms with van der Waals surface area (Å²) in [5.74, 6) is 0.822. The molecule has 2 N–H and O–H groups in total. The molecule has 3 nitrogen and oxygen atoms in total. The van der Waals surface area contributed by atoms with Crippen LogP contribution in [0.5, 0.6) is 0 Å². The number of nitrogens with two attached hydrogens (primary N) is 1. The van der Waals surface area contributed by atoms with E-state index in [2.05, 4.69) is 37.0 Å². The zero-order valence-electron chi connectivity index (χ0n) is 14.8. The Hall–Kier alpha value is -2.83. The molecule has 0 radical (unpaired) electrons. The van der Waals surface area contributed by atoms with Gasteiger partial charge in [0.05, 0.1) is 5.69 Å². The molecule has 3 rings (SSSR count). The van der Waals surface area contributed by atoms with Crippen molar-refractivity contribution in [3.63, 3.8) is 0 Å². The van der Waals surface area contributed by atoms with Crippen molar-refractivity contribution in [1.82, 2.24) is 4.98 Å². The SMILES string of the molecule is CC(C)Cc1ccc(-c2cc(-c3ccccc3Cl)c(C#N)c(N)n2)cc1. The third-order valence-corrected chi connectivity index (χ3v) is 4.55. The lowest BCUT2D eigenvalue weighted by Gasteiger charge is -2.12. The summed E-state index contributed by atoms with van der Waals surface area (Å²) in [6.07, 6.45) is 1.04. The van der Waals surface area contributed by atoms with Crippen molar-refractivity contribution in [3.05, 3.63) is 70.7 Å². The van der Waals surface area contributed by atoms with Crippen molar-refractivity contribution >= 4 is 17.4 Å². The predicted molar refractivity (Wildman–Crippen MR) is 108 cm³/mol. The normalized spacial score (nSPS) is 10.7. The zero-order valence-corrected chi connectivity index (χ0v) is 15.6. The van der Waals surface area contributed by atoms with Crippen molar-refractivity contribution in [2.45, 2.75) is 20.3 Å². The Labute approximate surface area is 159 Å². The second-order valence-corrected chi connectivity index (χ2v) is 7.11. The highest BCUT2D eigenvalue weighted by atomic mass is 35.5. The van der Waals surface area contributed by atoms with E-state index in [4.69, 9.17) is 17.3 Å². The number of pyridine rings is 1. The van der Waals surface area contributed by atoms with Gasteiger partial charge in [-0.15, -0.1) is 0 Å². The van der Waals surface area contributed by atoms with E-state index < -0.39 is 0 Å². The molecule has 2 aromatic carbocycles. The van der Waals surface area contributed by atoms with Crippen LogP contribution in [0.25, 0.3) is 22.4 Å². The van der Waals surface area contributed by atoms with Gasteiger partial charge in [-0.3, -0.25) is 0 Å². The van der Waals surface area contributed by atoms with Crippen molar-refractivity contribution in [2.75, 3.05) is 5.73 Å². The molecule has 0 spiro atoms. The Bertz CT molecular complexity index is 970. The van der Waals surface area contributed by atoms with Gasteiger partial charge in [-0.05, 0) is 30.0 Å². The van der Waals surface area contributed by atoms with Gasteiger partial charge in [0, 0.05) is 21.7 Å². The van der Waals surface area contributed by atoms with Gasteiger partial charge in [-0.25, -0.2) is 4.98 Å². The zero-order chi connectivity index (χ0) is 18.7. The lowest BCUT2D eigenvalue weighted by Crippen LogP contribution is -2.00.